The smallest absolute Gasteiger partial charge is 0.170 e. The fourth-order valence-corrected chi connectivity index (χ4v) is 8.18. The van der Waals surface area contributed by atoms with Gasteiger partial charge in [-0.3, -0.25) is 13.8 Å². The Morgan fingerprint density at radius 2 is 1.04 bits per heavy atom. The zero-order chi connectivity index (χ0) is 37.7. The van der Waals surface area contributed by atoms with Gasteiger partial charge in [0, 0.05) is 39.5 Å². The summed E-state index contributed by atoms with van der Waals surface area (Å²) in [6.45, 7) is 7.46. The van der Waals surface area contributed by atoms with Gasteiger partial charge >= 0.3 is 0 Å². The largest absolute Gasteiger partial charge is 0.276 e. The lowest BCUT2D eigenvalue weighted by atomic mass is 9.98. The predicted molar refractivity (Wildman–Crippen MR) is 216 cm³/mol. The van der Waals surface area contributed by atoms with Crippen molar-refractivity contribution in [1.29, 1.82) is 0 Å². The van der Waals surface area contributed by atoms with Gasteiger partial charge in [0.1, 0.15) is 45.4 Å². The minimum atomic E-state index is 0.401. The molecule has 0 aliphatic carbocycles. The third-order valence-corrected chi connectivity index (χ3v) is 10.3. The van der Waals surface area contributed by atoms with Crippen molar-refractivity contribution in [3.63, 3.8) is 0 Å². The summed E-state index contributed by atoms with van der Waals surface area (Å²) in [5.74, 6) is 3.05. The first-order valence-corrected chi connectivity index (χ1v) is 18.3. The van der Waals surface area contributed by atoms with E-state index in [1.54, 1.807) is 12.4 Å². The number of aryl methyl sites for hydroxylation is 4. The van der Waals surface area contributed by atoms with Crippen molar-refractivity contribution < 1.29 is 0 Å². The van der Waals surface area contributed by atoms with E-state index in [1.807, 2.05) is 58.2 Å². The highest BCUT2D eigenvalue weighted by Gasteiger charge is 2.27. The van der Waals surface area contributed by atoms with E-state index in [0.29, 0.717) is 57.3 Å². The van der Waals surface area contributed by atoms with Crippen molar-refractivity contribution in [2.75, 3.05) is 0 Å². The molecule has 12 heteroatoms. The van der Waals surface area contributed by atoms with Crippen LogP contribution in [-0.2, 0) is 0 Å². The second-order valence-electron chi connectivity index (χ2n) is 13.9. The number of fused-ring (bicyclic) bond motifs is 7. The van der Waals surface area contributed by atoms with E-state index >= 15 is 0 Å². The molecule has 56 heavy (non-hydrogen) atoms. The van der Waals surface area contributed by atoms with E-state index in [4.69, 9.17) is 39.9 Å². The minimum Gasteiger partial charge on any atom is -0.276 e. The molecule has 0 aliphatic rings. The van der Waals surface area contributed by atoms with Gasteiger partial charge in [-0.15, -0.1) is 0 Å². The van der Waals surface area contributed by atoms with Crippen LogP contribution in [0.5, 0.6) is 0 Å². The van der Waals surface area contributed by atoms with E-state index in [-0.39, 0.29) is 0 Å². The number of rotatable bonds is 4. The first-order chi connectivity index (χ1) is 27.4. The monoisotopic (exact) mass is 726 g/mol. The predicted octanol–water partition coefficient (Wildman–Crippen LogP) is 7.29. The Balaban J connectivity index is 1.54. The van der Waals surface area contributed by atoms with Gasteiger partial charge in [0.15, 0.2) is 22.9 Å². The molecule has 0 aliphatic heterocycles. The third-order valence-electron chi connectivity index (χ3n) is 10.3. The molecule has 266 valence electrons. The summed E-state index contributed by atoms with van der Waals surface area (Å²) in [6.07, 6.45) is 5.29. The molecule has 11 aromatic rings. The maximum absolute atomic E-state index is 5.45. The fourth-order valence-electron chi connectivity index (χ4n) is 8.18. The van der Waals surface area contributed by atoms with Gasteiger partial charge in [0.25, 0.3) is 0 Å². The van der Waals surface area contributed by atoms with Crippen LogP contribution in [0.3, 0.4) is 0 Å². The average Bonchev–Trinajstić information content (AvgIpc) is 3.68. The summed E-state index contributed by atoms with van der Waals surface area (Å²) in [5, 5.41) is 3.90. The van der Waals surface area contributed by atoms with Crippen LogP contribution in [0.15, 0.2) is 110 Å². The number of hydrogen-bond donors (Lipinski definition) is 0. The van der Waals surface area contributed by atoms with Gasteiger partial charge < -0.3 is 0 Å². The van der Waals surface area contributed by atoms with Crippen LogP contribution >= 0.6 is 0 Å². The lowest BCUT2D eigenvalue weighted by Crippen LogP contribution is -2.27. The Hall–Kier alpha value is -7.60. The molecule has 0 saturated heterocycles. The summed E-state index contributed by atoms with van der Waals surface area (Å²) >= 11 is 0. The number of para-hydroxylation sites is 1. The number of aromatic nitrogens is 12. The van der Waals surface area contributed by atoms with E-state index in [0.717, 1.165) is 66.0 Å². The molecule has 0 spiro atoms. The van der Waals surface area contributed by atoms with Crippen molar-refractivity contribution in [1.82, 2.24) is 58.6 Å². The van der Waals surface area contributed by atoms with Gasteiger partial charge in [0.05, 0.1) is 22.9 Å². The Morgan fingerprint density at radius 3 is 1.71 bits per heavy atom. The van der Waals surface area contributed by atoms with Gasteiger partial charge in [-0.2, -0.15) is 0 Å². The first kappa shape index (κ1) is 31.9. The molecule has 0 N–H and O–H groups in total. The minimum absolute atomic E-state index is 0.401. The quantitative estimate of drug-likeness (QED) is 0.182. The van der Waals surface area contributed by atoms with E-state index in [9.17, 15) is 0 Å². The van der Waals surface area contributed by atoms with Crippen LogP contribution in [0.25, 0.3) is 82.9 Å². The van der Waals surface area contributed by atoms with E-state index in [2.05, 4.69) is 85.5 Å². The molecule has 11 rings (SSSR count). The van der Waals surface area contributed by atoms with Crippen molar-refractivity contribution >= 4 is 60.5 Å². The maximum Gasteiger partial charge on any atom is 0.170 e. The molecule has 12 nitrogen and oxygen atoms in total. The first-order valence-electron chi connectivity index (χ1n) is 18.3. The van der Waals surface area contributed by atoms with Crippen LogP contribution in [0.1, 0.15) is 34.9 Å². The van der Waals surface area contributed by atoms with Crippen LogP contribution < -0.4 is 5.48 Å². The van der Waals surface area contributed by atoms with E-state index < -0.39 is 0 Å². The molecular formula is C44H30N12. The number of nitrogens with zero attached hydrogens (tertiary/aromatic N) is 12. The molecule has 0 unspecified atom stereocenters. The van der Waals surface area contributed by atoms with Crippen LogP contribution in [-0.4, -0.2) is 58.6 Å². The van der Waals surface area contributed by atoms with Gasteiger partial charge in [-0.05, 0) is 38.8 Å². The van der Waals surface area contributed by atoms with Crippen molar-refractivity contribution in [2.24, 2.45) is 0 Å². The highest BCUT2D eigenvalue weighted by Crippen LogP contribution is 2.41. The summed E-state index contributed by atoms with van der Waals surface area (Å²) in [4.78, 5) is 49.7. The Labute approximate surface area is 318 Å². The third kappa shape index (κ3) is 4.65. The topological polar surface area (TPSA) is 138 Å². The van der Waals surface area contributed by atoms with Gasteiger partial charge in [-0.25, -0.2) is 44.9 Å². The maximum atomic E-state index is 5.45. The molecule has 7 heterocycles. The standard InChI is InChI=1S/C44H30N12/c1-23-48-24(2)51-40(50-23)35(41-52-25(3)49-26(4)53-41)44-55-38-30(16-11-17-32(38)36-42(55)46-21-20-45-36)31-19-18-29(27-12-7-5-8-13-27)34-37-43(56(44)39(31)34)47-22-33(54-37)28-14-9-6-10-15-28/h5-22H,1-4H3. The molecule has 0 fully saturated rings. The Kier molecular flexibility index (Phi) is 6.81. The van der Waals surface area contributed by atoms with Crippen LogP contribution in [0.4, 0.5) is 0 Å². The second-order valence-corrected chi connectivity index (χ2v) is 13.9. The van der Waals surface area contributed by atoms with E-state index in [1.165, 1.54) is 0 Å². The number of benzene rings is 4. The molecule has 0 saturated carbocycles. The van der Waals surface area contributed by atoms with Crippen LogP contribution in [0.2, 0.25) is 0 Å². The molecule has 4 aromatic carbocycles. The molecule has 0 radical (unpaired) electrons. The summed E-state index contributed by atoms with van der Waals surface area (Å²) < 4.78 is 4.33. The van der Waals surface area contributed by atoms with Crippen LogP contribution in [0, 0.1) is 27.7 Å². The lowest BCUT2D eigenvalue weighted by Gasteiger charge is -2.10. The summed E-state index contributed by atoms with van der Waals surface area (Å²) in [5.41, 5.74) is 9.60. The van der Waals surface area contributed by atoms with Crippen molar-refractivity contribution in [3.8, 4) is 22.4 Å². The molecule has 0 bridgehead atoms. The number of hydrogen-bond acceptors (Lipinski definition) is 10. The molecule has 0 amide bonds. The summed E-state index contributed by atoms with van der Waals surface area (Å²) in [7, 11) is 0. The Morgan fingerprint density at radius 1 is 0.464 bits per heavy atom. The zero-order valence-corrected chi connectivity index (χ0v) is 30.8. The highest BCUT2D eigenvalue weighted by molar-refractivity contribution is 6.25. The zero-order valence-electron chi connectivity index (χ0n) is 30.8. The van der Waals surface area contributed by atoms with Gasteiger partial charge in [-0.1, -0.05) is 91.0 Å². The van der Waals surface area contributed by atoms with Crippen molar-refractivity contribution in [2.45, 2.75) is 27.7 Å². The van der Waals surface area contributed by atoms with Gasteiger partial charge in [0.2, 0.25) is 0 Å². The summed E-state index contributed by atoms with van der Waals surface area (Å²) in [6, 6.07) is 31.3. The molecule has 0 atom stereocenters. The second kappa shape index (κ2) is 12.0. The average molecular weight is 727 g/mol. The Bertz CT molecular complexity index is 3370. The highest BCUT2D eigenvalue weighted by atomic mass is 15.1. The molecular weight excluding hydrogens is 697 g/mol. The normalized spacial score (nSPS) is 11.9. The lowest BCUT2D eigenvalue weighted by molar-refractivity contribution is 0.864. The fraction of sp³-hybridized carbons (Fsp3) is 0.0909. The SMILES string of the molecule is Cc1nc(C)nc(C(c2nc(C)nc(C)n2)=c2n3c4nccnc4c4cccc(c5ccc(-c6ccccc6)c6c7nc(-c8ccccc8)cnc7n2c56)c43)n1. The van der Waals surface area contributed by atoms with Crippen molar-refractivity contribution in [3.05, 3.63) is 150 Å². The molecule has 7 aromatic heterocycles.